The second kappa shape index (κ2) is 6.94. The zero-order chi connectivity index (χ0) is 17.2. The molecule has 0 spiro atoms. The molecule has 0 bridgehead atoms. The fourth-order valence-electron chi connectivity index (χ4n) is 3.71. The van der Waals surface area contributed by atoms with Gasteiger partial charge in [-0.15, -0.1) is 0 Å². The summed E-state index contributed by atoms with van der Waals surface area (Å²) < 4.78 is 37.1. The quantitative estimate of drug-likeness (QED) is 0.847. The van der Waals surface area contributed by atoms with Gasteiger partial charge in [-0.2, -0.15) is 13.2 Å². The summed E-state index contributed by atoms with van der Waals surface area (Å²) in [6, 6.07) is 1.78. The lowest BCUT2D eigenvalue weighted by Gasteiger charge is -2.34. The summed E-state index contributed by atoms with van der Waals surface area (Å²) in [5, 5.41) is 0. The number of piperidine rings is 1. The van der Waals surface area contributed by atoms with Crippen LogP contribution in [0.15, 0.2) is 18.5 Å². The number of aromatic nitrogens is 2. The third-order valence-corrected chi connectivity index (χ3v) is 4.97. The predicted molar refractivity (Wildman–Crippen MR) is 82.3 cm³/mol. The van der Waals surface area contributed by atoms with Gasteiger partial charge in [0.25, 0.3) is 0 Å². The van der Waals surface area contributed by atoms with E-state index in [-0.39, 0.29) is 0 Å². The van der Waals surface area contributed by atoms with Crippen LogP contribution in [0.25, 0.3) is 0 Å². The van der Waals surface area contributed by atoms with Gasteiger partial charge < -0.3 is 9.80 Å². The van der Waals surface area contributed by atoms with Gasteiger partial charge in [-0.25, -0.2) is 9.97 Å². The van der Waals surface area contributed by atoms with Gasteiger partial charge in [0.05, 0.1) is 0 Å². The maximum atomic E-state index is 12.4. The number of likely N-dealkylation sites (tertiary alicyclic amines) is 1. The van der Waals surface area contributed by atoms with Crippen molar-refractivity contribution < 1.29 is 18.0 Å². The monoisotopic (exact) mass is 342 g/mol. The van der Waals surface area contributed by atoms with Crippen molar-refractivity contribution in [3.8, 4) is 0 Å². The lowest BCUT2D eigenvalue weighted by molar-refractivity contribution is -0.160. The first-order valence-electron chi connectivity index (χ1n) is 8.29. The third-order valence-electron chi connectivity index (χ3n) is 4.97. The lowest BCUT2D eigenvalue weighted by Crippen LogP contribution is -2.38. The number of nitrogens with zero attached hydrogens (tertiary/aromatic N) is 4. The molecule has 2 aliphatic rings. The second-order valence-corrected chi connectivity index (χ2v) is 6.55. The normalized spacial score (nSPS) is 22.9. The Morgan fingerprint density at radius 3 is 2.33 bits per heavy atom. The Hall–Kier alpha value is -1.86. The number of hydrogen-bond donors (Lipinski definition) is 0. The molecule has 5 nitrogen and oxygen atoms in total. The van der Waals surface area contributed by atoms with Crippen LogP contribution >= 0.6 is 0 Å². The van der Waals surface area contributed by atoms with Crippen LogP contribution in [0.1, 0.15) is 25.7 Å². The fraction of sp³-hybridized carbons (Fsp3) is 0.688. The van der Waals surface area contributed by atoms with Gasteiger partial charge in [0.15, 0.2) is 0 Å². The molecule has 0 N–H and O–H groups in total. The van der Waals surface area contributed by atoms with E-state index in [4.69, 9.17) is 0 Å². The van der Waals surface area contributed by atoms with E-state index in [1.165, 1.54) is 4.90 Å². The van der Waals surface area contributed by atoms with Gasteiger partial charge in [0, 0.05) is 38.6 Å². The molecule has 2 fully saturated rings. The van der Waals surface area contributed by atoms with Crippen LogP contribution in [0.4, 0.5) is 19.1 Å². The molecule has 0 aliphatic carbocycles. The van der Waals surface area contributed by atoms with Gasteiger partial charge in [0.2, 0.25) is 11.9 Å². The zero-order valence-electron chi connectivity index (χ0n) is 13.4. The standard InChI is InChI=1S/C16H21F3N4O/c17-16(18,19)10-14(24)23-9-4-13(11-23)12-2-7-22(8-3-12)15-20-5-1-6-21-15/h1,5-6,12-13H,2-4,7-11H2. The minimum Gasteiger partial charge on any atom is -0.342 e. The Bertz CT molecular complexity index is 558. The van der Waals surface area contributed by atoms with Crippen LogP contribution in [0.3, 0.4) is 0 Å². The number of halogens is 3. The van der Waals surface area contributed by atoms with E-state index < -0.39 is 18.5 Å². The molecule has 2 saturated heterocycles. The van der Waals surface area contributed by atoms with Crippen molar-refractivity contribution in [2.24, 2.45) is 11.8 Å². The van der Waals surface area contributed by atoms with Crippen LogP contribution < -0.4 is 4.90 Å². The van der Waals surface area contributed by atoms with Crippen LogP contribution in [-0.2, 0) is 4.79 Å². The molecular formula is C16H21F3N4O. The molecule has 1 amide bonds. The molecule has 1 unspecified atom stereocenters. The third kappa shape index (κ3) is 4.15. The summed E-state index contributed by atoms with van der Waals surface area (Å²) in [6.45, 7) is 2.60. The van der Waals surface area contributed by atoms with E-state index in [9.17, 15) is 18.0 Å². The summed E-state index contributed by atoms with van der Waals surface area (Å²) in [6.07, 6.45) is 0.398. The van der Waals surface area contributed by atoms with E-state index in [1.807, 2.05) is 0 Å². The molecule has 3 heterocycles. The van der Waals surface area contributed by atoms with Crippen molar-refractivity contribution in [1.29, 1.82) is 0 Å². The van der Waals surface area contributed by atoms with Crippen LogP contribution in [0.2, 0.25) is 0 Å². The largest absolute Gasteiger partial charge is 0.397 e. The summed E-state index contributed by atoms with van der Waals surface area (Å²) in [5.41, 5.74) is 0. The molecule has 24 heavy (non-hydrogen) atoms. The first-order chi connectivity index (χ1) is 11.4. The van der Waals surface area contributed by atoms with E-state index in [2.05, 4.69) is 14.9 Å². The van der Waals surface area contributed by atoms with Crippen molar-refractivity contribution in [3.05, 3.63) is 18.5 Å². The minimum atomic E-state index is -4.42. The van der Waals surface area contributed by atoms with Crippen molar-refractivity contribution in [1.82, 2.24) is 14.9 Å². The van der Waals surface area contributed by atoms with E-state index in [0.717, 1.165) is 38.3 Å². The summed E-state index contributed by atoms with van der Waals surface area (Å²) in [4.78, 5) is 23.7. The Balaban J connectivity index is 1.48. The first-order valence-corrected chi connectivity index (χ1v) is 8.29. The van der Waals surface area contributed by atoms with E-state index in [1.54, 1.807) is 18.5 Å². The SMILES string of the molecule is O=C(CC(F)(F)F)N1CCC(C2CCN(c3ncccn3)CC2)C1. The fourth-order valence-corrected chi connectivity index (χ4v) is 3.71. The molecule has 0 saturated carbocycles. The Kier molecular flexibility index (Phi) is 4.91. The maximum absolute atomic E-state index is 12.4. The smallest absolute Gasteiger partial charge is 0.342 e. The van der Waals surface area contributed by atoms with Gasteiger partial charge in [-0.3, -0.25) is 4.79 Å². The number of rotatable bonds is 3. The molecule has 0 radical (unpaired) electrons. The Morgan fingerprint density at radius 2 is 1.71 bits per heavy atom. The molecule has 132 valence electrons. The molecule has 0 aromatic carbocycles. The lowest BCUT2D eigenvalue weighted by atomic mass is 9.84. The first kappa shape index (κ1) is 17.0. The van der Waals surface area contributed by atoms with Gasteiger partial charge >= 0.3 is 6.18 Å². The molecule has 3 rings (SSSR count). The molecule has 1 atom stereocenters. The van der Waals surface area contributed by atoms with Crippen LogP contribution in [-0.4, -0.2) is 53.1 Å². The van der Waals surface area contributed by atoms with E-state index >= 15 is 0 Å². The number of amides is 1. The Labute approximate surface area is 138 Å². The van der Waals surface area contributed by atoms with Crippen molar-refractivity contribution in [2.45, 2.75) is 31.9 Å². The number of alkyl halides is 3. The van der Waals surface area contributed by atoms with Gasteiger partial charge in [0.1, 0.15) is 6.42 Å². The minimum absolute atomic E-state index is 0.307. The van der Waals surface area contributed by atoms with Crippen LogP contribution in [0, 0.1) is 11.8 Å². The van der Waals surface area contributed by atoms with Gasteiger partial charge in [-0.05, 0) is 37.2 Å². The average Bonchev–Trinajstić information content (AvgIpc) is 3.04. The average molecular weight is 342 g/mol. The van der Waals surface area contributed by atoms with Gasteiger partial charge in [-0.1, -0.05) is 0 Å². The highest BCUT2D eigenvalue weighted by atomic mass is 19.4. The second-order valence-electron chi connectivity index (χ2n) is 6.55. The van der Waals surface area contributed by atoms with Crippen molar-refractivity contribution >= 4 is 11.9 Å². The van der Waals surface area contributed by atoms with Crippen LogP contribution in [0.5, 0.6) is 0 Å². The highest BCUT2D eigenvalue weighted by Crippen LogP contribution is 2.33. The molecular weight excluding hydrogens is 321 g/mol. The molecule has 8 heteroatoms. The van der Waals surface area contributed by atoms with Crippen molar-refractivity contribution in [2.75, 3.05) is 31.1 Å². The highest BCUT2D eigenvalue weighted by molar-refractivity contribution is 5.77. The topological polar surface area (TPSA) is 49.3 Å². The molecule has 1 aromatic rings. The molecule has 2 aliphatic heterocycles. The highest BCUT2D eigenvalue weighted by Gasteiger charge is 2.38. The van der Waals surface area contributed by atoms with Crippen molar-refractivity contribution in [3.63, 3.8) is 0 Å². The summed E-state index contributed by atoms with van der Waals surface area (Å²) >= 11 is 0. The maximum Gasteiger partial charge on any atom is 0.397 e. The summed E-state index contributed by atoms with van der Waals surface area (Å²) in [5.74, 6) is 0.694. The number of hydrogen-bond acceptors (Lipinski definition) is 4. The number of anilines is 1. The zero-order valence-corrected chi connectivity index (χ0v) is 13.4. The predicted octanol–water partition coefficient (Wildman–Crippen LogP) is 2.49. The van der Waals surface area contributed by atoms with E-state index in [0.29, 0.717) is 24.9 Å². The summed E-state index contributed by atoms with van der Waals surface area (Å²) in [7, 11) is 0. The number of carbonyl (C=O) groups is 1. The number of carbonyl (C=O) groups excluding carboxylic acids is 1. The Morgan fingerprint density at radius 1 is 1.08 bits per heavy atom. The molecule has 1 aromatic heterocycles.